The molecule has 0 saturated heterocycles. The van der Waals surface area contributed by atoms with Crippen molar-refractivity contribution in [2.45, 2.75) is 43.4 Å². The average molecular weight is 218 g/mol. The Balaban J connectivity index is 4.33. The summed E-state index contributed by atoms with van der Waals surface area (Å²) in [4.78, 5) is -0.755. The molecular weight excluding hydrogens is 202 g/mol. The van der Waals surface area contributed by atoms with E-state index in [2.05, 4.69) is 0 Å². The highest BCUT2D eigenvalue weighted by Crippen LogP contribution is 2.40. The predicted molar refractivity (Wildman–Crippen MR) is 54.1 cm³/mol. The molecule has 0 N–H and O–H groups in total. The van der Waals surface area contributed by atoms with Gasteiger partial charge in [0.05, 0.1) is 9.75 Å². The Kier molecular flexibility index (Phi) is 4.54. The summed E-state index contributed by atoms with van der Waals surface area (Å²) in [5.41, 5.74) is 0. The molecule has 0 rings (SSSR count). The fourth-order valence-electron chi connectivity index (χ4n) is 1.04. The second-order valence-corrected chi connectivity index (χ2v) is 5.28. The summed E-state index contributed by atoms with van der Waals surface area (Å²) < 4.78 is 0. The van der Waals surface area contributed by atoms with Crippen LogP contribution in [0.5, 0.6) is 0 Å². The lowest BCUT2D eigenvalue weighted by Crippen LogP contribution is -2.40. The zero-order chi connectivity index (χ0) is 9.12. The van der Waals surface area contributed by atoms with Crippen molar-refractivity contribution >= 4 is 34.8 Å². The van der Waals surface area contributed by atoms with Crippen LogP contribution in [0.2, 0.25) is 0 Å². The molecule has 1 atom stereocenters. The lowest BCUT2D eigenvalue weighted by atomic mass is 9.89. The molecule has 0 fully saturated rings. The smallest absolute Gasteiger partial charge is 0.0641 e. The normalized spacial score (nSPS) is 18.0. The Morgan fingerprint density at radius 1 is 1.18 bits per heavy atom. The van der Waals surface area contributed by atoms with Crippen LogP contribution in [-0.2, 0) is 0 Å². The zero-order valence-corrected chi connectivity index (χ0v) is 9.52. The van der Waals surface area contributed by atoms with Crippen molar-refractivity contribution in [2.24, 2.45) is 0 Å². The molecule has 0 aromatic carbocycles. The van der Waals surface area contributed by atoms with Gasteiger partial charge in [-0.3, -0.25) is 0 Å². The molecule has 68 valence electrons. The second-order valence-electron chi connectivity index (χ2n) is 3.23. The minimum atomic E-state index is -0.391. The third-order valence-electron chi connectivity index (χ3n) is 2.12. The first kappa shape index (κ1) is 11.9. The van der Waals surface area contributed by atoms with Gasteiger partial charge in [-0.1, -0.05) is 6.92 Å². The molecule has 0 aliphatic heterocycles. The van der Waals surface area contributed by atoms with Crippen molar-refractivity contribution in [1.82, 2.24) is 0 Å². The van der Waals surface area contributed by atoms with E-state index in [1.54, 1.807) is 0 Å². The summed E-state index contributed by atoms with van der Waals surface area (Å²) in [6, 6.07) is 0. The van der Waals surface area contributed by atoms with Crippen LogP contribution in [-0.4, -0.2) is 15.6 Å². The summed E-state index contributed by atoms with van der Waals surface area (Å²) >= 11 is 18.0. The lowest BCUT2D eigenvalue weighted by Gasteiger charge is -2.36. The van der Waals surface area contributed by atoms with Gasteiger partial charge in [0.1, 0.15) is 0 Å². The fourth-order valence-corrected chi connectivity index (χ4v) is 1.79. The molecule has 0 saturated carbocycles. The first-order valence-corrected chi connectivity index (χ1v) is 5.10. The zero-order valence-electron chi connectivity index (χ0n) is 7.26. The first-order chi connectivity index (χ1) is 4.87. The van der Waals surface area contributed by atoms with Gasteiger partial charge in [-0.2, -0.15) is 0 Å². The predicted octanol–water partition coefficient (Wildman–Crippen LogP) is 4.02. The molecule has 0 amide bonds. The first-order valence-electron chi connectivity index (χ1n) is 3.81. The number of hydrogen-bond donors (Lipinski definition) is 0. The number of halogens is 3. The molecule has 0 heterocycles. The van der Waals surface area contributed by atoms with Gasteiger partial charge in [0.15, 0.2) is 0 Å². The molecule has 0 radical (unpaired) electrons. The quantitative estimate of drug-likeness (QED) is 0.624. The summed E-state index contributed by atoms with van der Waals surface area (Å²) in [5, 5.41) is 0. The Labute approximate surface area is 84.2 Å². The molecule has 0 aromatic rings. The van der Waals surface area contributed by atoms with Crippen LogP contribution >= 0.6 is 34.8 Å². The van der Waals surface area contributed by atoms with Gasteiger partial charge < -0.3 is 0 Å². The molecular formula is C8H15Cl3. The molecule has 0 bridgehead atoms. The second kappa shape index (κ2) is 4.20. The SMILES string of the molecule is CCC(Cl)(CCCl)C(C)(C)Cl. The van der Waals surface area contributed by atoms with Crippen LogP contribution in [0.25, 0.3) is 0 Å². The molecule has 0 spiro atoms. The maximum atomic E-state index is 6.28. The van der Waals surface area contributed by atoms with Crippen LogP contribution in [0.3, 0.4) is 0 Å². The largest absolute Gasteiger partial charge is 0.127 e. The maximum Gasteiger partial charge on any atom is 0.0641 e. The highest BCUT2D eigenvalue weighted by atomic mass is 35.5. The van der Waals surface area contributed by atoms with Crippen LogP contribution < -0.4 is 0 Å². The third-order valence-corrected chi connectivity index (χ3v) is 3.69. The standard InChI is InChI=1S/C8H15Cl3/c1-4-8(11,5-6-9)7(2,3)10/h4-6H2,1-3H3. The molecule has 3 heteroatoms. The van der Waals surface area contributed by atoms with E-state index in [0.717, 1.165) is 12.8 Å². The Morgan fingerprint density at radius 3 is 1.73 bits per heavy atom. The van der Waals surface area contributed by atoms with Crippen molar-refractivity contribution in [2.75, 3.05) is 5.88 Å². The van der Waals surface area contributed by atoms with Crippen molar-refractivity contribution in [3.8, 4) is 0 Å². The van der Waals surface area contributed by atoms with E-state index >= 15 is 0 Å². The van der Waals surface area contributed by atoms with E-state index in [9.17, 15) is 0 Å². The molecule has 1 unspecified atom stereocenters. The maximum absolute atomic E-state index is 6.28. The Hall–Kier alpha value is 0.870. The van der Waals surface area contributed by atoms with Crippen LogP contribution in [0.15, 0.2) is 0 Å². The van der Waals surface area contributed by atoms with E-state index < -0.39 is 4.87 Å². The van der Waals surface area contributed by atoms with Gasteiger partial charge in [0, 0.05) is 5.88 Å². The molecule has 0 nitrogen and oxygen atoms in total. The van der Waals surface area contributed by atoms with Gasteiger partial charge >= 0.3 is 0 Å². The van der Waals surface area contributed by atoms with Crippen molar-refractivity contribution in [3.63, 3.8) is 0 Å². The summed E-state index contributed by atoms with van der Waals surface area (Å²) in [5.74, 6) is 0.563. The molecule has 11 heavy (non-hydrogen) atoms. The third kappa shape index (κ3) is 3.01. The monoisotopic (exact) mass is 216 g/mol. The van der Waals surface area contributed by atoms with Crippen LogP contribution in [0, 0.1) is 0 Å². The number of hydrogen-bond acceptors (Lipinski definition) is 0. The van der Waals surface area contributed by atoms with Crippen molar-refractivity contribution in [3.05, 3.63) is 0 Å². The van der Waals surface area contributed by atoms with E-state index in [4.69, 9.17) is 34.8 Å². The summed E-state index contributed by atoms with van der Waals surface area (Å²) in [7, 11) is 0. The number of rotatable bonds is 4. The van der Waals surface area contributed by atoms with Crippen molar-refractivity contribution < 1.29 is 0 Å². The van der Waals surface area contributed by atoms with Gasteiger partial charge in [-0.05, 0) is 26.7 Å². The van der Waals surface area contributed by atoms with Gasteiger partial charge in [0.25, 0.3) is 0 Å². The Bertz CT molecular complexity index is 117. The topological polar surface area (TPSA) is 0 Å². The highest BCUT2D eigenvalue weighted by molar-refractivity contribution is 6.34. The molecule has 0 aliphatic carbocycles. The minimum absolute atomic E-state index is 0.365. The van der Waals surface area contributed by atoms with Gasteiger partial charge in [-0.25, -0.2) is 0 Å². The molecule has 0 aromatic heterocycles. The fraction of sp³-hybridized carbons (Fsp3) is 1.00. The van der Waals surface area contributed by atoms with E-state index in [0.29, 0.717) is 5.88 Å². The van der Waals surface area contributed by atoms with Crippen LogP contribution in [0.4, 0.5) is 0 Å². The van der Waals surface area contributed by atoms with Gasteiger partial charge in [-0.15, -0.1) is 34.8 Å². The van der Waals surface area contributed by atoms with E-state index in [-0.39, 0.29) is 4.87 Å². The van der Waals surface area contributed by atoms with E-state index in [1.807, 2.05) is 20.8 Å². The van der Waals surface area contributed by atoms with E-state index in [1.165, 1.54) is 0 Å². The van der Waals surface area contributed by atoms with Gasteiger partial charge in [0.2, 0.25) is 0 Å². The summed E-state index contributed by atoms with van der Waals surface area (Å²) in [6.45, 7) is 5.89. The number of alkyl halides is 3. The molecule has 0 aliphatic rings. The Morgan fingerprint density at radius 2 is 1.64 bits per heavy atom. The highest BCUT2D eigenvalue weighted by Gasteiger charge is 2.39. The minimum Gasteiger partial charge on any atom is -0.127 e. The lowest BCUT2D eigenvalue weighted by molar-refractivity contribution is 0.430. The van der Waals surface area contributed by atoms with Crippen molar-refractivity contribution in [1.29, 1.82) is 0 Å². The van der Waals surface area contributed by atoms with Crippen LogP contribution in [0.1, 0.15) is 33.6 Å². The summed E-state index contributed by atoms with van der Waals surface area (Å²) in [6.07, 6.45) is 1.60. The average Bonchev–Trinajstić information content (AvgIpc) is 1.86.